The molecular weight excluding hydrogens is 352 g/mol. The standard InChI is InChI=1S/C12H10Br2O3/c1-7-4-9(13)12(10(14)5-7)17-11-3-2-8(6-15)16-11/h2-5,15H,6H2,1H3. The zero-order chi connectivity index (χ0) is 12.4. The summed E-state index contributed by atoms with van der Waals surface area (Å²) in [6, 6.07) is 7.25. The first kappa shape index (κ1) is 12.7. The number of ether oxygens (including phenoxy) is 1. The number of hydrogen-bond acceptors (Lipinski definition) is 3. The second-order valence-electron chi connectivity index (χ2n) is 3.54. The fourth-order valence-electron chi connectivity index (χ4n) is 1.38. The third kappa shape index (κ3) is 2.91. The molecule has 0 atom stereocenters. The van der Waals surface area contributed by atoms with Crippen LogP contribution in [0.4, 0.5) is 0 Å². The van der Waals surface area contributed by atoms with Crippen LogP contribution in [-0.4, -0.2) is 5.11 Å². The van der Waals surface area contributed by atoms with Gasteiger partial charge in [-0.15, -0.1) is 0 Å². The van der Waals surface area contributed by atoms with Gasteiger partial charge in [0.05, 0.1) is 8.95 Å². The predicted molar refractivity (Wildman–Crippen MR) is 71.3 cm³/mol. The molecule has 0 aliphatic carbocycles. The Morgan fingerprint density at radius 3 is 2.41 bits per heavy atom. The van der Waals surface area contributed by atoms with Gasteiger partial charge in [-0.2, -0.15) is 0 Å². The predicted octanol–water partition coefficient (Wildman–Crippen LogP) is 4.40. The Morgan fingerprint density at radius 2 is 1.88 bits per heavy atom. The molecule has 1 N–H and O–H groups in total. The maximum absolute atomic E-state index is 8.89. The van der Waals surface area contributed by atoms with Gasteiger partial charge in [0.1, 0.15) is 12.4 Å². The van der Waals surface area contributed by atoms with Crippen molar-refractivity contribution >= 4 is 31.9 Å². The van der Waals surface area contributed by atoms with E-state index in [-0.39, 0.29) is 6.61 Å². The molecule has 0 unspecified atom stereocenters. The van der Waals surface area contributed by atoms with Crippen molar-refractivity contribution in [2.45, 2.75) is 13.5 Å². The van der Waals surface area contributed by atoms with E-state index >= 15 is 0 Å². The van der Waals surface area contributed by atoms with Crippen LogP contribution in [0.3, 0.4) is 0 Å². The highest BCUT2D eigenvalue weighted by molar-refractivity contribution is 9.11. The fourth-order valence-corrected chi connectivity index (χ4v) is 2.96. The molecule has 1 aromatic heterocycles. The van der Waals surface area contributed by atoms with Crippen molar-refractivity contribution in [2.75, 3.05) is 0 Å². The van der Waals surface area contributed by atoms with E-state index in [1.54, 1.807) is 12.1 Å². The minimum atomic E-state index is -0.139. The van der Waals surface area contributed by atoms with E-state index in [9.17, 15) is 0 Å². The van der Waals surface area contributed by atoms with Crippen LogP contribution in [0.1, 0.15) is 11.3 Å². The van der Waals surface area contributed by atoms with Crippen molar-refractivity contribution in [3.8, 4) is 11.7 Å². The summed E-state index contributed by atoms with van der Waals surface area (Å²) in [5, 5.41) is 8.89. The molecular formula is C12H10Br2O3. The zero-order valence-electron chi connectivity index (χ0n) is 9.04. The monoisotopic (exact) mass is 360 g/mol. The SMILES string of the molecule is Cc1cc(Br)c(Oc2ccc(CO)o2)c(Br)c1. The van der Waals surface area contributed by atoms with Crippen molar-refractivity contribution in [1.82, 2.24) is 0 Å². The van der Waals surface area contributed by atoms with Crippen molar-refractivity contribution in [1.29, 1.82) is 0 Å². The molecule has 0 bridgehead atoms. The van der Waals surface area contributed by atoms with Gasteiger partial charge >= 0.3 is 0 Å². The summed E-state index contributed by atoms with van der Waals surface area (Å²) in [5.74, 6) is 1.47. The van der Waals surface area contributed by atoms with Gasteiger partial charge in [-0.25, -0.2) is 0 Å². The number of aliphatic hydroxyl groups excluding tert-OH is 1. The van der Waals surface area contributed by atoms with E-state index in [1.807, 2.05) is 19.1 Å². The first-order chi connectivity index (χ1) is 8.10. The van der Waals surface area contributed by atoms with E-state index in [0.29, 0.717) is 17.5 Å². The van der Waals surface area contributed by atoms with Crippen LogP contribution in [0, 0.1) is 6.92 Å². The largest absolute Gasteiger partial charge is 0.428 e. The van der Waals surface area contributed by atoms with E-state index < -0.39 is 0 Å². The minimum absolute atomic E-state index is 0.139. The van der Waals surface area contributed by atoms with Gasteiger partial charge in [-0.3, -0.25) is 0 Å². The van der Waals surface area contributed by atoms with Gasteiger partial charge in [-0.1, -0.05) is 0 Å². The Labute approximate surface area is 116 Å². The highest BCUT2D eigenvalue weighted by atomic mass is 79.9. The summed E-state index contributed by atoms with van der Waals surface area (Å²) < 4.78 is 12.5. The van der Waals surface area contributed by atoms with Gasteiger partial charge < -0.3 is 14.3 Å². The molecule has 5 heteroatoms. The van der Waals surface area contributed by atoms with Gasteiger partial charge in [0.2, 0.25) is 0 Å². The molecule has 0 amide bonds. The number of aryl methyl sites for hydroxylation is 1. The summed E-state index contributed by atoms with van der Waals surface area (Å²) in [7, 11) is 0. The number of hydrogen-bond donors (Lipinski definition) is 1. The average molecular weight is 362 g/mol. The number of furan rings is 1. The molecule has 17 heavy (non-hydrogen) atoms. The van der Waals surface area contributed by atoms with Crippen LogP contribution in [0.5, 0.6) is 11.7 Å². The van der Waals surface area contributed by atoms with E-state index in [2.05, 4.69) is 31.9 Å². The van der Waals surface area contributed by atoms with Crippen LogP contribution >= 0.6 is 31.9 Å². The number of rotatable bonds is 3. The lowest BCUT2D eigenvalue weighted by Gasteiger charge is -2.08. The number of benzene rings is 1. The maximum Gasteiger partial charge on any atom is 0.290 e. The second-order valence-corrected chi connectivity index (χ2v) is 5.25. The normalized spacial score (nSPS) is 10.6. The zero-order valence-corrected chi connectivity index (χ0v) is 12.2. The molecule has 0 spiro atoms. The second kappa shape index (κ2) is 5.25. The highest BCUT2D eigenvalue weighted by Gasteiger charge is 2.11. The minimum Gasteiger partial charge on any atom is -0.428 e. The molecule has 0 fully saturated rings. The van der Waals surface area contributed by atoms with Crippen LogP contribution in [0.25, 0.3) is 0 Å². The molecule has 2 aromatic rings. The van der Waals surface area contributed by atoms with Crippen molar-refractivity contribution in [2.24, 2.45) is 0 Å². The average Bonchev–Trinajstić information content (AvgIpc) is 2.71. The first-order valence-corrected chi connectivity index (χ1v) is 6.52. The molecule has 0 aliphatic heterocycles. The molecule has 0 saturated carbocycles. The Bertz CT molecular complexity index is 511. The van der Waals surface area contributed by atoms with Gasteiger partial charge in [0.25, 0.3) is 5.95 Å². The lowest BCUT2D eigenvalue weighted by Crippen LogP contribution is -1.87. The maximum atomic E-state index is 8.89. The van der Waals surface area contributed by atoms with Crippen molar-refractivity contribution in [3.63, 3.8) is 0 Å². The molecule has 90 valence electrons. The van der Waals surface area contributed by atoms with Crippen molar-refractivity contribution < 1.29 is 14.3 Å². The molecule has 1 aromatic carbocycles. The van der Waals surface area contributed by atoms with E-state index in [1.165, 1.54) is 0 Å². The van der Waals surface area contributed by atoms with Crippen LogP contribution in [0.2, 0.25) is 0 Å². The summed E-state index contributed by atoms with van der Waals surface area (Å²) in [6.45, 7) is 1.86. The topological polar surface area (TPSA) is 42.6 Å². The fraction of sp³-hybridized carbons (Fsp3) is 0.167. The van der Waals surface area contributed by atoms with Crippen LogP contribution < -0.4 is 4.74 Å². The van der Waals surface area contributed by atoms with Crippen molar-refractivity contribution in [3.05, 3.63) is 44.5 Å². The smallest absolute Gasteiger partial charge is 0.290 e. The Morgan fingerprint density at radius 1 is 1.24 bits per heavy atom. The lowest BCUT2D eigenvalue weighted by atomic mass is 10.2. The summed E-state index contributed by atoms with van der Waals surface area (Å²) in [6.07, 6.45) is 0. The molecule has 1 heterocycles. The quantitative estimate of drug-likeness (QED) is 0.881. The van der Waals surface area contributed by atoms with Gasteiger partial charge in [0, 0.05) is 6.07 Å². The first-order valence-electron chi connectivity index (χ1n) is 4.93. The summed E-state index contributed by atoms with van der Waals surface area (Å²) in [4.78, 5) is 0. The number of aliphatic hydroxyl groups is 1. The Balaban J connectivity index is 2.29. The van der Waals surface area contributed by atoms with Crippen LogP contribution in [-0.2, 0) is 6.61 Å². The van der Waals surface area contributed by atoms with E-state index in [0.717, 1.165) is 14.5 Å². The molecule has 2 rings (SSSR count). The van der Waals surface area contributed by atoms with Crippen LogP contribution in [0.15, 0.2) is 37.6 Å². The summed E-state index contributed by atoms with van der Waals surface area (Å²) in [5.41, 5.74) is 1.12. The Kier molecular flexibility index (Phi) is 3.91. The third-order valence-corrected chi connectivity index (χ3v) is 3.32. The molecule has 0 radical (unpaired) electrons. The highest BCUT2D eigenvalue weighted by Crippen LogP contribution is 2.38. The van der Waals surface area contributed by atoms with Gasteiger partial charge in [0.15, 0.2) is 5.75 Å². The molecule has 0 saturated heterocycles. The van der Waals surface area contributed by atoms with E-state index in [4.69, 9.17) is 14.3 Å². The van der Waals surface area contributed by atoms with Gasteiger partial charge in [-0.05, 0) is 62.5 Å². The Hall–Kier alpha value is -0.780. The third-order valence-electron chi connectivity index (χ3n) is 2.14. The molecule has 3 nitrogen and oxygen atoms in total. The summed E-state index contributed by atoms with van der Waals surface area (Å²) >= 11 is 6.87. The lowest BCUT2D eigenvalue weighted by molar-refractivity contribution is 0.231. The number of halogens is 2. The molecule has 0 aliphatic rings.